The highest BCUT2D eigenvalue weighted by Gasteiger charge is 2.65. The zero-order chi connectivity index (χ0) is 20.8. The molecule has 10 heteroatoms. The van der Waals surface area contributed by atoms with Crippen molar-refractivity contribution >= 4 is 21.1 Å². The van der Waals surface area contributed by atoms with Crippen LogP contribution in [0, 0.1) is 0 Å². The molecule has 0 radical (unpaired) electrons. The third-order valence-electron chi connectivity index (χ3n) is 4.08. The van der Waals surface area contributed by atoms with Crippen molar-refractivity contribution in [3.63, 3.8) is 0 Å². The lowest BCUT2D eigenvalue weighted by Gasteiger charge is -2.40. The highest BCUT2D eigenvalue weighted by molar-refractivity contribution is 8.45. The smallest absolute Gasteiger partial charge is 0.310 e. The molecule has 0 amide bonds. The fourth-order valence-electron chi connectivity index (χ4n) is 2.72. The van der Waals surface area contributed by atoms with Gasteiger partial charge in [-0.1, -0.05) is 25.5 Å². The molecule has 0 saturated heterocycles. The maximum atomic E-state index is 12.9. The van der Waals surface area contributed by atoms with E-state index in [-0.39, 0.29) is 11.6 Å². The van der Waals surface area contributed by atoms with E-state index in [4.69, 9.17) is 4.74 Å². The summed E-state index contributed by atoms with van der Waals surface area (Å²) in [6, 6.07) is 12.8. The monoisotopic (exact) mass is 425 g/mol. The first-order valence-electron chi connectivity index (χ1n) is 8.18. The van der Waals surface area contributed by atoms with E-state index in [2.05, 4.69) is 15.2 Å². The van der Waals surface area contributed by atoms with E-state index in [1.807, 2.05) is 6.07 Å². The summed E-state index contributed by atoms with van der Waals surface area (Å²) in [6.45, 7) is 0. The summed E-state index contributed by atoms with van der Waals surface area (Å²) in [5, 5.41) is 8.63. The second-order valence-corrected chi connectivity index (χ2v) is 8.61. The van der Waals surface area contributed by atoms with Crippen LogP contribution in [0.4, 0.5) is 19.4 Å². The average molecular weight is 425 g/mol. The molecule has 2 heterocycles. The number of fused-ring (bicyclic) bond motifs is 1. The number of halogens is 5. The molecule has 29 heavy (non-hydrogen) atoms. The van der Waals surface area contributed by atoms with Crippen LogP contribution in [0.3, 0.4) is 0 Å². The van der Waals surface area contributed by atoms with E-state index in [9.17, 15) is 19.4 Å². The van der Waals surface area contributed by atoms with E-state index < -0.39 is 15.1 Å². The molecule has 0 spiro atoms. The second-order valence-electron chi connectivity index (χ2n) is 6.20. The van der Waals surface area contributed by atoms with Gasteiger partial charge in [-0.2, -0.15) is 10.2 Å². The Labute approximate surface area is 161 Å². The minimum absolute atomic E-state index is 0.0535. The average Bonchev–Trinajstić information content (AvgIpc) is 2.67. The summed E-state index contributed by atoms with van der Waals surface area (Å²) in [5.41, 5.74) is 1.99. The first kappa shape index (κ1) is 19.1. The molecule has 150 valence electrons. The van der Waals surface area contributed by atoms with Gasteiger partial charge in [0.25, 0.3) is 0 Å². The van der Waals surface area contributed by atoms with Crippen LogP contribution in [0.25, 0.3) is 22.0 Å². The number of benzene rings is 2. The summed E-state index contributed by atoms with van der Waals surface area (Å²) in [5.74, 6) is 0.0659. The van der Waals surface area contributed by atoms with E-state index in [1.54, 1.807) is 36.5 Å². The Balaban J connectivity index is 1.69. The van der Waals surface area contributed by atoms with Gasteiger partial charge in [-0.05, 0) is 60.2 Å². The minimum atomic E-state index is -9.73. The van der Waals surface area contributed by atoms with E-state index in [1.165, 1.54) is 6.20 Å². The Kier molecular flexibility index (Phi) is 3.86. The number of aromatic nitrogens is 3. The number of nitrogens with zero attached hydrogens (tertiary/aromatic N) is 3. The lowest BCUT2D eigenvalue weighted by molar-refractivity contribution is 0.363. The summed E-state index contributed by atoms with van der Waals surface area (Å²) < 4.78 is 69.9. The molecule has 0 aliphatic carbocycles. The Morgan fingerprint density at radius 3 is 2.28 bits per heavy atom. The highest BCUT2D eigenvalue weighted by Crippen LogP contribution is 3.02. The van der Waals surface area contributed by atoms with Crippen LogP contribution in [0.5, 0.6) is 11.6 Å². The normalized spacial score (nSPS) is 14.2. The number of pyridine rings is 1. The van der Waals surface area contributed by atoms with Gasteiger partial charge >= 0.3 is 10.2 Å². The molecule has 0 aliphatic heterocycles. The van der Waals surface area contributed by atoms with E-state index >= 15 is 0 Å². The Morgan fingerprint density at radius 2 is 1.55 bits per heavy atom. The van der Waals surface area contributed by atoms with Crippen molar-refractivity contribution in [3.8, 4) is 22.8 Å². The van der Waals surface area contributed by atoms with Crippen molar-refractivity contribution in [2.75, 3.05) is 0 Å². The Morgan fingerprint density at radius 1 is 0.793 bits per heavy atom. The fraction of sp³-hybridized carbons (Fsp3) is 0. The Bertz CT molecular complexity index is 1220. The van der Waals surface area contributed by atoms with Gasteiger partial charge in [-0.15, -0.1) is 0 Å². The van der Waals surface area contributed by atoms with Gasteiger partial charge < -0.3 is 4.74 Å². The van der Waals surface area contributed by atoms with Crippen molar-refractivity contribution in [3.05, 3.63) is 73.1 Å². The molecule has 4 aromatic rings. The zero-order valence-electron chi connectivity index (χ0n) is 14.5. The molecular formula is C19H12F5N3OS. The molecule has 2 aromatic carbocycles. The number of rotatable bonds is 4. The maximum Gasteiger partial charge on any atom is 0.310 e. The zero-order valence-corrected chi connectivity index (χ0v) is 15.3. The van der Waals surface area contributed by atoms with E-state index in [0.717, 1.165) is 23.1 Å². The standard InChI is InChI=1S/C19H12F5N3OS/c20-29(21,22,23,24)16-6-4-15(5-7-16)28-19-17(2-1-10-25-19)13-3-8-18-14(12-13)9-11-26-27-18/h1-12H. The van der Waals surface area contributed by atoms with Gasteiger partial charge in [-0.25, -0.2) is 4.98 Å². The molecule has 2 aromatic heterocycles. The van der Waals surface area contributed by atoms with Crippen LogP contribution >= 0.6 is 10.2 Å². The fourth-order valence-corrected chi connectivity index (χ4v) is 3.37. The molecule has 0 saturated carbocycles. The first-order chi connectivity index (χ1) is 13.5. The molecule has 0 N–H and O–H groups in total. The number of hydrogen-bond acceptors (Lipinski definition) is 4. The van der Waals surface area contributed by atoms with Crippen LogP contribution in [0.15, 0.2) is 78.0 Å². The molecule has 0 aliphatic rings. The molecule has 0 bridgehead atoms. The molecule has 4 rings (SSSR count). The van der Waals surface area contributed by atoms with Gasteiger partial charge in [-0.3, -0.25) is 0 Å². The van der Waals surface area contributed by atoms with Crippen molar-refractivity contribution in [2.45, 2.75) is 4.90 Å². The summed E-state index contributed by atoms with van der Waals surface area (Å²) in [6.07, 6.45) is 3.00. The molecule has 0 unspecified atom stereocenters. The quantitative estimate of drug-likeness (QED) is 0.326. The maximum absolute atomic E-state index is 12.9. The van der Waals surface area contributed by atoms with Gasteiger partial charge in [0.1, 0.15) is 10.6 Å². The molecule has 0 fully saturated rings. The van der Waals surface area contributed by atoms with E-state index in [0.29, 0.717) is 23.2 Å². The lowest BCUT2D eigenvalue weighted by atomic mass is 10.0. The lowest BCUT2D eigenvalue weighted by Crippen LogP contribution is -2.05. The van der Waals surface area contributed by atoms with Crippen LogP contribution in [-0.4, -0.2) is 15.2 Å². The minimum Gasteiger partial charge on any atom is -0.438 e. The van der Waals surface area contributed by atoms with Crippen molar-refractivity contribution in [1.82, 2.24) is 15.2 Å². The van der Waals surface area contributed by atoms with Crippen LogP contribution in [-0.2, 0) is 0 Å². The summed E-state index contributed by atoms with van der Waals surface area (Å²) in [4.78, 5) is 2.14. The topological polar surface area (TPSA) is 47.9 Å². The predicted molar refractivity (Wildman–Crippen MR) is 101 cm³/mol. The number of ether oxygens (including phenoxy) is 1. The van der Waals surface area contributed by atoms with Gasteiger partial charge in [0.2, 0.25) is 5.88 Å². The van der Waals surface area contributed by atoms with Crippen LogP contribution in [0.1, 0.15) is 0 Å². The second kappa shape index (κ2) is 5.86. The predicted octanol–water partition coefficient (Wildman–Crippen LogP) is 7.14. The molecule has 4 nitrogen and oxygen atoms in total. The van der Waals surface area contributed by atoms with Gasteiger partial charge in [0.15, 0.2) is 0 Å². The van der Waals surface area contributed by atoms with Crippen molar-refractivity contribution in [2.24, 2.45) is 0 Å². The van der Waals surface area contributed by atoms with Crippen LogP contribution < -0.4 is 4.74 Å². The Hall–Kier alpha value is -3.27. The largest absolute Gasteiger partial charge is 0.438 e. The third-order valence-corrected chi connectivity index (χ3v) is 5.24. The third kappa shape index (κ3) is 4.11. The number of hydrogen-bond donors (Lipinski definition) is 0. The van der Waals surface area contributed by atoms with Crippen LogP contribution in [0.2, 0.25) is 0 Å². The summed E-state index contributed by atoms with van der Waals surface area (Å²) >= 11 is 0. The first-order valence-corrected chi connectivity index (χ1v) is 10.1. The molecular weight excluding hydrogens is 413 g/mol. The highest BCUT2D eigenvalue weighted by atomic mass is 32.5. The van der Waals surface area contributed by atoms with Gasteiger partial charge in [0.05, 0.1) is 11.7 Å². The van der Waals surface area contributed by atoms with Gasteiger partial charge in [0, 0.05) is 17.1 Å². The molecule has 0 atom stereocenters. The van der Waals surface area contributed by atoms with Crippen molar-refractivity contribution < 1.29 is 24.2 Å². The SMILES string of the molecule is FS(F)(F)(F)(F)c1ccc(Oc2ncccc2-c2ccc3nnccc3c2)cc1. The van der Waals surface area contributed by atoms with Crippen molar-refractivity contribution in [1.29, 1.82) is 0 Å². The summed E-state index contributed by atoms with van der Waals surface area (Å²) in [7, 11) is -9.73.